The molecule has 1 aliphatic rings. The lowest BCUT2D eigenvalue weighted by Crippen LogP contribution is -2.46. The minimum Gasteiger partial charge on any atom is -0.349 e. The number of alkyl halides is 6. The molecule has 10 heteroatoms. The lowest BCUT2D eigenvalue weighted by atomic mass is 10.00. The minimum atomic E-state index is -4.97. The van der Waals surface area contributed by atoms with E-state index in [1.54, 1.807) is 12.1 Å². The lowest BCUT2D eigenvalue weighted by molar-refractivity contribution is -0.231. The molecule has 198 valence electrons. The van der Waals surface area contributed by atoms with Gasteiger partial charge in [0.2, 0.25) is 0 Å². The predicted molar refractivity (Wildman–Crippen MR) is 122 cm³/mol. The molecule has 0 amide bonds. The topological polar surface area (TPSA) is 21.7 Å². The van der Waals surface area contributed by atoms with Crippen LogP contribution < -0.4 is 0 Å². The van der Waals surface area contributed by atoms with E-state index in [1.165, 1.54) is 19.1 Å². The van der Waals surface area contributed by atoms with Crippen LogP contribution in [0.4, 0.5) is 30.7 Å². The van der Waals surface area contributed by atoms with Gasteiger partial charge in [-0.15, -0.1) is 0 Å². The molecule has 4 rings (SSSR count). The predicted octanol–water partition coefficient (Wildman–Crippen LogP) is 7.54. The van der Waals surface area contributed by atoms with Gasteiger partial charge in [0.25, 0.3) is 0 Å². The van der Waals surface area contributed by atoms with E-state index in [2.05, 4.69) is 0 Å². The molecule has 0 spiro atoms. The van der Waals surface area contributed by atoms with Gasteiger partial charge in [0.1, 0.15) is 5.82 Å². The minimum absolute atomic E-state index is 0.0796. The van der Waals surface area contributed by atoms with Crippen molar-refractivity contribution in [3.8, 4) is 0 Å². The van der Waals surface area contributed by atoms with E-state index in [0.717, 1.165) is 5.56 Å². The van der Waals surface area contributed by atoms with Crippen molar-refractivity contribution >= 4 is 0 Å². The van der Waals surface area contributed by atoms with E-state index in [-0.39, 0.29) is 18.2 Å². The van der Waals surface area contributed by atoms with Gasteiger partial charge < -0.3 is 9.47 Å². The van der Waals surface area contributed by atoms with Gasteiger partial charge in [-0.1, -0.05) is 42.5 Å². The quantitative estimate of drug-likeness (QED) is 0.309. The first kappa shape index (κ1) is 27.1. The maximum Gasteiger partial charge on any atom is 0.416 e. The maximum atomic E-state index is 13.6. The fourth-order valence-electron chi connectivity index (χ4n) is 4.32. The zero-order chi connectivity index (χ0) is 26.8. The standard InChI is InChI=1S/C27H24F7NO2/c1-17(20-13-21(26(29,30)31)15-22(14-20)27(32,33)34)37-25-24(19-7-9-23(28)10-8-19)35(11-12-36-25)16-18-5-3-2-4-6-18/h2-10,13-15,17,24-25H,11-12,16H2,1H3/t17-,24+,25-/m1/s1. The molecule has 1 aliphatic heterocycles. The van der Waals surface area contributed by atoms with Crippen molar-refractivity contribution in [2.45, 2.75) is 44.3 Å². The molecule has 37 heavy (non-hydrogen) atoms. The number of benzene rings is 3. The lowest BCUT2D eigenvalue weighted by Gasteiger charge is -2.42. The average molecular weight is 527 g/mol. The monoisotopic (exact) mass is 527 g/mol. The summed E-state index contributed by atoms with van der Waals surface area (Å²) in [6.07, 6.45) is -12.2. The first-order valence-electron chi connectivity index (χ1n) is 11.5. The van der Waals surface area contributed by atoms with Gasteiger partial charge in [0.05, 0.1) is 29.9 Å². The van der Waals surface area contributed by atoms with Crippen molar-refractivity contribution in [2.75, 3.05) is 13.2 Å². The van der Waals surface area contributed by atoms with Crippen LogP contribution in [0.1, 0.15) is 46.9 Å². The van der Waals surface area contributed by atoms with Crippen molar-refractivity contribution in [2.24, 2.45) is 0 Å². The van der Waals surface area contributed by atoms with Crippen molar-refractivity contribution in [1.29, 1.82) is 0 Å². The van der Waals surface area contributed by atoms with Crippen molar-refractivity contribution in [3.05, 3.63) is 106 Å². The Kier molecular flexibility index (Phi) is 7.91. The van der Waals surface area contributed by atoms with Gasteiger partial charge in [-0.2, -0.15) is 26.3 Å². The third-order valence-electron chi connectivity index (χ3n) is 6.17. The van der Waals surface area contributed by atoms with E-state index in [1.807, 2.05) is 35.2 Å². The fraction of sp³-hybridized carbons (Fsp3) is 0.333. The summed E-state index contributed by atoms with van der Waals surface area (Å²) >= 11 is 0. The van der Waals surface area contributed by atoms with E-state index in [9.17, 15) is 30.7 Å². The van der Waals surface area contributed by atoms with E-state index < -0.39 is 47.7 Å². The highest BCUT2D eigenvalue weighted by molar-refractivity contribution is 5.35. The number of nitrogens with zero attached hydrogens (tertiary/aromatic N) is 1. The van der Waals surface area contributed by atoms with E-state index in [4.69, 9.17) is 9.47 Å². The Morgan fingerprint density at radius 2 is 1.49 bits per heavy atom. The van der Waals surface area contributed by atoms with Crippen LogP contribution in [0.5, 0.6) is 0 Å². The molecule has 1 saturated heterocycles. The Labute approximate surface area is 209 Å². The summed E-state index contributed by atoms with van der Waals surface area (Å²) in [5, 5.41) is 0. The average Bonchev–Trinajstić information content (AvgIpc) is 2.84. The normalized spacial score (nSPS) is 20.1. The highest BCUT2D eigenvalue weighted by atomic mass is 19.4. The molecule has 0 N–H and O–H groups in total. The molecule has 3 aromatic carbocycles. The second-order valence-corrected chi connectivity index (χ2v) is 8.81. The van der Waals surface area contributed by atoms with Gasteiger partial charge in [-0.25, -0.2) is 4.39 Å². The van der Waals surface area contributed by atoms with Crippen molar-refractivity contribution in [1.82, 2.24) is 4.90 Å². The summed E-state index contributed by atoms with van der Waals surface area (Å²) in [7, 11) is 0. The van der Waals surface area contributed by atoms with Crippen LogP contribution in [0.2, 0.25) is 0 Å². The second-order valence-electron chi connectivity index (χ2n) is 8.81. The molecule has 0 aliphatic carbocycles. The Morgan fingerprint density at radius 3 is 2.05 bits per heavy atom. The molecule has 0 aromatic heterocycles. The molecular formula is C27H24F7NO2. The summed E-state index contributed by atoms with van der Waals surface area (Å²) in [6, 6.07) is 15.9. The van der Waals surface area contributed by atoms with Crippen molar-refractivity contribution in [3.63, 3.8) is 0 Å². The van der Waals surface area contributed by atoms with Gasteiger partial charge in [0.15, 0.2) is 6.29 Å². The number of morpholine rings is 1. The van der Waals surface area contributed by atoms with Gasteiger partial charge >= 0.3 is 12.4 Å². The van der Waals surface area contributed by atoms with Crippen LogP contribution in [0.25, 0.3) is 0 Å². The number of halogens is 7. The van der Waals surface area contributed by atoms with E-state index >= 15 is 0 Å². The summed E-state index contributed by atoms with van der Waals surface area (Å²) in [6.45, 7) is 2.55. The van der Waals surface area contributed by atoms with Crippen LogP contribution in [-0.2, 0) is 28.4 Å². The molecule has 0 unspecified atom stereocenters. The third-order valence-corrected chi connectivity index (χ3v) is 6.17. The summed E-state index contributed by atoms with van der Waals surface area (Å²) in [5.74, 6) is -0.454. The summed E-state index contributed by atoms with van der Waals surface area (Å²) in [4.78, 5) is 2.02. The summed E-state index contributed by atoms with van der Waals surface area (Å²) in [5.41, 5.74) is -1.51. The SMILES string of the molecule is C[C@@H](O[C@H]1OCCN(Cc2ccccc2)[C@H]1c1ccc(F)cc1)c1cc(C(F)(F)F)cc(C(F)(F)F)c1. The van der Waals surface area contributed by atoms with Gasteiger partial charge in [-0.3, -0.25) is 4.90 Å². The fourth-order valence-corrected chi connectivity index (χ4v) is 4.32. The molecule has 0 saturated carbocycles. The molecule has 1 fully saturated rings. The molecule has 0 radical (unpaired) electrons. The summed E-state index contributed by atoms with van der Waals surface area (Å²) < 4.78 is 106. The molecule has 3 aromatic rings. The Morgan fingerprint density at radius 1 is 0.892 bits per heavy atom. The zero-order valence-electron chi connectivity index (χ0n) is 19.7. The Hall–Kier alpha value is -2.95. The molecule has 0 bridgehead atoms. The van der Waals surface area contributed by atoms with Gasteiger partial charge in [-0.05, 0) is 53.9 Å². The number of rotatable bonds is 6. The van der Waals surface area contributed by atoms with Crippen molar-refractivity contribution < 1.29 is 40.2 Å². The largest absolute Gasteiger partial charge is 0.416 e. The van der Waals surface area contributed by atoms with Crippen LogP contribution in [-0.4, -0.2) is 24.3 Å². The van der Waals surface area contributed by atoms with E-state index in [0.29, 0.717) is 30.8 Å². The Bertz CT molecular complexity index is 1150. The highest BCUT2D eigenvalue weighted by Crippen LogP contribution is 2.40. The maximum absolute atomic E-state index is 13.6. The third kappa shape index (κ3) is 6.68. The van der Waals surface area contributed by atoms with Crippen LogP contribution in [0.15, 0.2) is 72.8 Å². The molecular weight excluding hydrogens is 503 g/mol. The first-order valence-corrected chi connectivity index (χ1v) is 11.5. The van der Waals surface area contributed by atoms with Crippen LogP contribution in [0, 0.1) is 5.82 Å². The van der Waals surface area contributed by atoms with Crippen LogP contribution in [0.3, 0.4) is 0 Å². The number of hydrogen-bond acceptors (Lipinski definition) is 3. The highest BCUT2D eigenvalue weighted by Gasteiger charge is 2.39. The Balaban J connectivity index is 1.66. The smallest absolute Gasteiger partial charge is 0.349 e. The van der Waals surface area contributed by atoms with Gasteiger partial charge in [0, 0.05) is 13.1 Å². The van der Waals surface area contributed by atoms with Crippen LogP contribution >= 0.6 is 0 Å². The molecule has 3 atom stereocenters. The second kappa shape index (κ2) is 10.8. The molecule has 3 nitrogen and oxygen atoms in total. The number of ether oxygens (including phenoxy) is 2. The number of hydrogen-bond donors (Lipinski definition) is 0. The molecule has 1 heterocycles. The zero-order valence-corrected chi connectivity index (χ0v) is 19.7. The first-order chi connectivity index (χ1) is 17.4.